The minimum Gasteiger partial charge on any atom is -0.319 e. The molecule has 0 radical (unpaired) electrons. The molecule has 0 aliphatic carbocycles. The lowest BCUT2D eigenvalue weighted by atomic mass is 9.87. The zero-order valence-electron chi connectivity index (χ0n) is 9.28. The van der Waals surface area contributed by atoms with Crippen LogP contribution in [0.4, 0.5) is 0 Å². The smallest absolute Gasteiger partial charge is 0.00442 e. The molecule has 0 rings (SSSR count). The van der Waals surface area contributed by atoms with Gasteiger partial charge in [-0.1, -0.05) is 20.8 Å². The average molecular weight is 172 g/mol. The minimum atomic E-state index is 0.430. The zero-order valence-corrected chi connectivity index (χ0v) is 9.28. The lowest BCUT2D eigenvalue weighted by molar-refractivity contribution is 0.189. The van der Waals surface area contributed by atoms with Crippen molar-refractivity contribution in [2.45, 2.75) is 27.2 Å². The highest BCUT2D eigenvalue weighted by atomic mass is 15.1. The molecule has 0 aliphatic rings. The van der Waals surface area contributed by atoms with Gasteiger partial charge < -0.3 is 10.2 Å². The van der Waals surface area contributed by atoms with Crippen LogP contribution in [0.1, 0.15) is 27.2 Å². The Morgan fingerprint density at radius 1 is 1.33 bits per heavy atom. The van der Waals surface area contributed by atoms with Gasteiger partial charge in [-0.3, -0.25) is 0 Å². The van der Waals surface area contributed by atoms with E-state index in [-0.39, 0.29) is 0 Å². The molecule has 0 saturated heterocycles. The monoisotopic (exact) mass is 172 g/mol. The molecule has 0 heterocycles. The summed E-state index contributed by atoms with van der Waals surface area (Å²) in [6.45, 7) is 10.2. The number of rotatable bonds is 6. The average Bonchev–Trinajstić information content (AvgIpc) is 2.05. The molecule has 1 unspecified atom stereocenters. The highest BCUT2D eigenvalue weighted by Crippen LogP contribution is 2.20. The van der Waals surface area contributed by atoms with Gasteiger partial charge in [0.25, 0.3) is 0 Å². The zero-order chi connectivity index (χ0) is 9.61. The number of nitrogens with zero attached hydrogens (tertiary/aromatic N) is 1. The SMILES string of the molecule is CCN(C)CC(C)(CC)CNC. The second-order valence-electron chi connectivity index (χ2n) is 4.02. The molecule has 0 aromatic rings. The molecule has 0 saturated carbocycles. The quantitative estimate of drug-likeness (QED) is 0.654. The van der Waals surface area contributed by atoms with Crippen LogP contribution in [0.5, 0.6) is 0 Å². The van der Waals surface area contributed by atoms with Gasteiger partial charge in [0.2, 0.25) is 0 Å². The molecule has 74 valence electrons. The maximum absolute atomic E-state index is 3.26. The number of nitrogens with one attached hydrogen (secondary N) is 1. The molecular weight excluding hydrogens is 148 g/mol. The standard InChI is InChI=1S/C10H24N2/c1-6-10(3,8-11-4)9-12(5)7-2/h11H,6-9H2,1-5H3. The van der Waals surface area contributed by atoms with Gasteiger partial charge in [0.15, 0.2) is 0 Å². The first kappa shape index (κ1) is 11.9. The van der Waals surface area contributed by atoms with Crippen LogP contribution >= 0.6 is 0 Å². The summed E-state index contributed by atoms with van der Waals surface area (Å²) in [6.07, 6.45) is 1.23. The van der Waals surface area contributed by atoms with Gasteiger partial charge in [-0.25, -0.2) is 0 Å². The van der Waals surface area contributed by atoms with Crippen LogP contribution in [-0.2, 0) is 0 Å². The van der Waals surface area contributed by atoms with Gasteiger partial charge in [-0.2, -0.15) is 0 Å². The van der Waals surface area contributed by atoms with Gasteiger partial charge >= 0.3 is 0 Å². The van der Waals surface area contributed by atoms with Gasteiger partial charge in [-0.15, -0.1) is 0 Å². The van der Waals surface area contributed by atoms with E-state index in [1.165, 1.54) is 13.0 Å². The Morgan fingerprint density at radius 3 is 2.25 bits per heavy atom. The van der Waals surface area contributed by atoms with Gasteiger partial charge in [-0.05, 0) is 32.5 Å². The van der Waals surface area contributed by atoms with Gasteiger partial charge in [0.1, 0.15) is 0 Å². The van der Waals surface area contributed by atoms with E-state index < -0.39 is 0 Å². The molecule has 0 aliphatic heterocycles. The van der Waals surface area contributed by atoms with E-state index in [2.05, 4.69) is 38.0 Å². The summed E-state index contributed by atoms with van der Waals surface area (Å²) in [6, 6.07) is 0. The Kier molecular flexibility index (Phi) is 5.51. The molecule has 2 heteroatoms. The Hall–Kier alpha value is -0.0800. The van der Waals surface area contributed by atoms with Crippen LogP contribution in [0.3, 0.4) is 0 Å². The van der Waals surface area contributed by atoms with Crippen molar-refractivity contribution in [1.82, 2.24) is 10.2 Å². The summed E-state index contributed by atoms with van der Waals surface area (Å²) < 4.78 is 0. The summed E-state index contributed by atoms with van der Waals surface area (Å²) in [5, 5.41) is 3.26. The van der Waals surface area contributed by atoms with Gasteiger partial charge in [0, 0.05) is 13.1 Å². The maximum atomic E-state index is 3.26. The van der Waals surface area contributed by atoms with Crippen LogP contribution in [0.2, 0.25) is 0 Å². The van der Waals surface area contributed by atoms with Crippen molar-refractivity contribution in [3.63, 3.8) is 0 Å². The van der Waals surface area contributed by atoms with Crippen molar-refractivity contribution in [1.29, 1.82) is 0 Å². The lowest BCUT2D eigenvalue weighted by Gasteiger charge is -2.32. The summed E-state index contributed by atoms with van der Waals surface area (Å²) in [7, 11) is 4.21. The summed E-state index contributed by atoms with van der Waals surface area (Å²) in [4.78, 5) is 2.38. The van der Waals surface area contributed by atoms with Crippen molar-refractivity contribution in [3.05, 3.63) is 0 Å². The van der Waals surface area contributed by atoms with Crippen LogP contribution in [-0.4, -0.2) is 38.6 Å². The largest absolute Gasteiger partial charge is 0.319 e. The Morgan fingerprint density at radius 2 is 1.92 bits per heavy atom. The van der Waals surface area contributed by atoms with E-state index in [4.69, 9.17) is 0 Å². The van der Waals surface area contributed by atoms with E-state index >= 15 is 0 Å². The Bertz CT molecular complexity index is 114. The fourth-order valence-corrected chi connectivity index (χ4v) is 1.48. The second-order valence-corrected chi connectivity index (χ2v) is 4.02. The summed E-state index contributed by atoms with van der Waals surface area (Å²) >= 11 is 0. The molecular formula is C10H24N2. The topological polar surface area (TPSA) is 15.3 Å². The molecule has 1 N–H and O–H groups in total. The van der Waals surface area contributed by atoms with E-state index in [1.807, 2.05) is 7.05 Å². The van der Waals surface area contributed by atoms with Crippen molar-refractivity contribution in [2.75, 3.05) is 33.7 Å². The third-order valence-electron chi connectivity index (χ3n) is 2.65. The van der Waals surface area contributed by atoms with Crippen molar-refractivity contribution >= 4 is 0 Å². The van der Waals surface area contributed by atoms with E-state index in [0.29, 0.717) is 5.41 Å². The minimum absolute atomic E-state index is 0.430. The van der Waals surface area contributed by atoms with Crippen molar-refractivity contribution < 1.29 is 0 Å². The van der Waals surface area contributed by atoms with E-state index in [0.717, 1.165) is 13.1 Å². The molecule has 1 atom stereocenters. The number of hydrogen-bond acceptors (Lipinski definition) is 2. The van der Waals surface area contributed by atoms with Crippen LogP contribution in [0.25, 0.3) is 0 Å². The van der Waals surface area contributed by atoms with Crippen molar-refractivity contribution in [3.8, 4) is 0 Å². The molecule has 0 bridgehead atoms. The molecule has 0 spiro atoms. The summed E-state index contributed by atoms with van der Waals surface area (Å²) in [5.74, 6) is 0. The Labute approximate surface area is 77.3 Å². The second kappa shape index (κ2) is 5.55. The normalized spacial score (nSPS) is 16.5. The molecule has 12 heavy (non-hydrogen) atoms. The molecule has 0 amide bonds. The predicted octanol–water partition coefficient (Wildman–Crippen LogP) is 1.57. The van der Waals surface area contributed by atoms with Crippen LogP contribution < -0.4 is 5.32 Å². The van der Waals surface area contributed by atoms with Crippen molar-refractivity contribution in [2.24, 2.45) is 5.41 Å². The predicted molar refractivity (Wildman–Crippen MR) is 55.5 cm³/mol. The van der Waals surface area contributed by atoms with Crippen LogP contribution in [0.15, 0.2) is 0 Å². The first-order chi connectivity index (χ1) is 5.58. The lowest BCUT2D eigenvalue weighted by Crippen LogP contribution is -2.39. The Balaban J connectivity index is 3.94. The summed E-state index contributed by atoms with van der Waals surface area (Å²) in [5.41, 5.74) is 0.430. The highest BCUT2D eigenvalue weighted by Gasteiger charge is 2.22. The maximum Gasteiger partial charge on any atom is 0.00442 e. The van der Waals surface area contributed by atoms with Gasteiger partial charge in [0.05, 0.1) is 0 Å². The fourth-order valence-electron chi connectivity index (χ4n) is 1.48. The van der Waals surface area contributed by atoms with Crippen LogP contribution in [0, 0.1) is 5.41 Å². The van der Waals surface area contributed by atoms with E-state index in [9.17, 15) is 0 Å². The number of hydrogen-bond donors (Lipinski definition) is 1. The molecule has 2 nitrogen and oxygen atoms in total. The highest BCUT2D eigenvalue weighted by molar-refractivity contribution is 4.77. The fraction of sp³-hybridized carbons (Fsp3) is 1.00. The molecule has 0 aromatic heterocycles. The third kappa shape index (κ3) is 4.07. The first-order valence-electron chi connectivity index (χ1n) is 4.91. The third-order valence-corrected chi connectivity index (χ3v) is 2.65. The molecule has 0 fully saturated rings. The molecule has 0 aromatic carbocycles. The van der Waals surface area contributed by atoms with E-state index in [1.54, 1.807) is 0 Å². The first-order valence-corrected chi connectivity index (χ1v) is 4.91.